The van der Waals surface area contributed by atoms with Crippen LogP contribution in [-0.2, 0) is 4.79 Å². The van der Waals surface area contributed by atoms with Crippen molar-refractivity contribution in [3.8, 4) is 0 Å². The van der Waals surface area contributed by atoms with Gasteiger partial charge in [0.1, 0.15) is 0 Å². The predicted octanol–water partition coefficient (Wildman–Crippen LogP) is 1.45. The second-order valence-electron chi connectivity index (χ2n) is 6.15. The van der Waals surface area contributed by atoms with Crippen LogP contribution in [0.3, 0.4) is 0 Å². The second kappa shape index (κ2) is 7.25. The Hall–Kier alpha value is -0.610. The molecule has 0 radical (unpaired) electrons. The molecule has 1 amide bonds. The molecule has 2 rings (SSSR count). The Morgan fingerprint density at radius 3 is 2.58 bits per heavy atom. The van der Waals surface area contributed by atoms with E-state index in [9.17, 15) is 4.79 Å². The lowest BCUT2D eigenvalue weighted by Crippen LogP contribution is -2.48. The molecule has 4 nitrogen and oxygen atoms in total. The smallest absolute Gasteiger partial charge is 0.222 e. The van der Waals surface area contributed by atoms with Crippen molar-refractivity contribution in [3.63, 3.8) is 0 Å². The topological polar surface area (TPSA) is 49.6 Å². The van der Waals surface area contributed by atoms with Gasteiger partial charge in [-0.2, -0.15) is 0 Å². The van der Waals surface area contributed by atoms with Crippen LogP contribution in [0.5, 0.6) is 0 Å². The average molecular weight is 267 g/mol. The summed E-state index contributed by atoms with van der Waals surface area (Å²) in [6, 6.07) is 0.377. The van der Waals surface area contributed by atoms with Crippen molar-refractivity contribution in [2.24, 2.45) is 11.7 Å². The first-order chi connectivity index (χ1) is 9.19. The first-order valence-corrected chi connectivity index (χ1v) is 7.94. The summed E-state index contributed by atoms with van der Waals surface area (Å²) >= 11 is 0. The maximum atomic E-state index is 12.2. The summed E-state index contributed by atoms with van der Waals surface area (Å²) in [5.74, 6) is 1.04. The number of likely N-dealkylation sites (N-methyl/N-ethyl adjacent to an activating group) is 1. The van der Waals surface area contributed by atoms with Crippen molar-refractivity contribution in [3.05, 3.63) is 0 Å². The Morgan fingerprint density at radius 1 is 1.21 bits per heavy atom. The minimum absolute atomic E-state index is 0.356. The Morgan fingerprint density at radius 2 is 1.95 bits per heavy atom. The fourth-order valence-electron chi connectivity index (χ4n) is 3.39. The van der Waals surface area contributed by atoms with E-state index in [2.05, 4.69) is 16.7 Å². The summed E-state index contributed by atoms with van der Waals surface area (Å²) in [4.78, 5) is 16.7. The highest BCUT2D eigenvalue weighted by Gasteiger charge is 2.23. The van der Waals surface area contributed by atoms with Crippen LogP contribution < -0.4 is 5.73 Å². The molecule has 110 valence electrons. The van der Waals surface area contributed by atoms with Crippen LogP contribution in [0.2, 0.25) is 0 Å². The molecule has 0 bridgehead atoms. The molecule has 2 N–H and O–H groups in total. The van der Waals surface area contributed by atoms with Crippen LogP contribution in [0.1, 0.15) is 45.4 Å². The van der Waals surface area contributed by atoms with Crippen LogP contribution in [0, 0.1) is 5.92 Å². The van der Waals surface area contributed by atoms with Crippen molar-refractivity contribution in [2.45, 2.75) is 51.5 Å². The van der Waals surface area contributed by atoms with Crippen molar-refractivity contribution in [1.29, 1.82) is 0 Å². The van der Waals surface area contributed by atoms with Gasteiger partial charge in [-0.25, -0.2) is 0 Å². The van der Waals surface area contributed by atoms with Crippen molar-refractivity contribution in [2.75, 3.05) is 32.7 Å². The molecule has 1 saturated carbocycles. The minimum atomic E-state index is 0.356. The normalized spacial score (nSPS) is 29.5. The lowest BCUT2D eigenvalue weighted by atomic mass is 9.83. The highest BCUT2D eigenvalue weighted by Crippen LogP contribution is 2.27. The van der Waals surface area contributed by atoms with Gasteiger partial charge in [-0.05, 0) is 31.7 Å². The maximum absolute atomic E-state index is 12.2. The van der Waals surface area contributed by atoms with Gasteiger partial charge in [-0.3, -0.25) is 4.79 Å². The van der Waals surface area contributed by atoms with Gasteiger partial charge in [0.15, 0.2) is 0 Å². The number of nitrogens with two attached hydrogens (primary N) is 1. The second-order valence-corrected chi connectivity index (χ2v) is 6.15. The summed E-state index contributed by atoms with van der Waals surface area (Å²) in [7, 11) is 0. The summed E-state index contributed by atoms with van der Waals surface area (Å²) in [5, 5.41) is 0. The number of hydrogen-bond donors (Lipinski definition) is 1. The van der Waals surface area contributed by atoms with E-state index in [1.165, 1.54) is 19.3 Å². The van der Waals surface area contributed by atoms with E-state index < -0.39 is 0 Å². The van der Waals surface area contributed by atoms with E-state index in [1.807, 2.05) is 0 Å². The molecular formula is C15H29N3O. The van der Waals surface area contributed by atoms with Crippen molar-refractivity contribution in [1.82, 2.24) is 9.80 Å². The molecule has 2 atom stereocenters. The molecule has 1 heterocycles. The molecule has 1 aliphatic carbocycles. The summed E-state index contributed by atoms with van der Waals surface area (Å²) in [6.07, 6.45) is 6.57. The number of piperazine rings is 1. The number of carbonyl (C=O) groups is 1. The Bertz CT molecular complexity index is 287. The quantitative estimate of drug-likeness (QED) is 0.838. The fraction of sp³-hybridized carbons (Fsp3) is 0.933. The summed E-state index contributed by atoms with van der Waals surface area (Å²) in [6.45, 7) is 7.19. The van der Waals surface area contributed by atoms with E-state index in [0.717, 1.165) is 52.0 Å². The van der Waals surface area contributed by atoms with Gasteiger partial charge in [0.05, 0.1) is 0 Å². The van der Waals surface area contributed by atoms with E-state index >= 15 is 0 Å². The minimum Gasteiger partial charge on any atom is -0.340 e. The van der Waals surface area contributed by atoms with Gasteiger partial charge in [-0.15, -0.1) is 0 Å². The Kier molecular flexibility index (Phi) is 5.64. The van der Waals surface area contributed by atoms with E-state index in [-0.39, 0.29) is 0 Å². The summed E-state index contributed by atoms with van der Waals surface area (Å²) < 4.78 is 0. The third-order valence-electron chi connectivity index (χ3n) is 4.76. The van der Waals surface area contributed by atoms with E-state index in [4.69, 9.17) is 5.73 Å². The molecule has 4 heteroatoms. The van der Waals surface area contributed by atoms with Gasteiger partial charge in [-0.1, -0.05) is 19.8 Å². The highest BCUT2D eigenvalue weighted by molar-refractivity contribution is 5.76. The van der Waals surface area contributed by atoms with Crippen molar-refractivity contribution < 1.29 is 4.79 Å². The van der Waals surface area contributed by atoms with Gasteiger partial charge >= 0.3 is 0 Å². The number of hydrogen-bond acceptors (Lipinski definition) is 3. The SMILES string of the molecule is CCN1CCN(C(=O)CCC2CCCC(N)C2)CC1. The van der Waals surface area contributed by atoms with Crippen LogP contribution in [0.15, 0.2) is 0 Å². The molecule has 0 spiro atoms. The highest BCUT2D eigenvalue weighted by atomic mass is 16.2. The molecule has 2 aliphatic rings. The molecular weight excluding hydrogens is 238 g/mol. The average Bonchev–Trinajstić information content (AvgIpc) is 2.45. The molecule has 2 unspecified atom stereocenters. The predicted molar refractivity (Wildman–Crippen MR) is 77.9 cm³/mol. The van der Waals surface area contributed by atoms with Gasteiger partial charge in [0.25, 0.3) is 0 Å². The van der Waals surface area contributed by atoms with Crippen LogP contribution in [0.4, 0.5) is 0 Å². The van der Waals surface area contributed by atoms with Gasteiger partial charge < -0.3 is 15.5 Å². The molecule has 1 aliphatic heterocycles. The molecule has 0 aromatic heterocycles. The zero-order valence-electron chi connectivity index (χ0n) is 12.3. The molecule has 1 saturated heterocycles. The lowest BCUT2D eigenvalue weighted by molar-refractivity contribution is -0.133. The largest absolute Gasteiger partial charge is 0.340 e. The first kappa shape index (κ1) is 14.8. The van der Waals surface area contributed by atoms with Crippen LogP contribution in [-0.4, -0.2) is 54.5 Å². The zero-order valence-corrected chi connectivity index (χ0v) is 12.3. The monoisotopic (exact) mass is 267 g/mol. The third kappa shape index (κ3) is 4.46. The number of nitrogens with zero attached hydrogens (tertiary/aromatic N) is 2. The molecule has 0 aromatic rings. The zero-order chi connectivity index (χ0) is 13.7. The fourth-order valence-corrected chi connectivity index (χ4v) is 3.39. The molecule has 2 fully saturated rings. The first-order valence-electron chi connectivity index (χ1n) is 7.94. The van der Waals surface area contributed by atoms with Crippen LogP contribution in [0.25, 0.3) is 0 Å². The van der Waals surface area contributed by atoms with Crippen LogP contribution >= 0.6 is 0 Å². The number of carbonyl (C=O) groups excluding carboxylic acids is 1. The lowest BCUT2D eigenvalue weighted by Gasteiger charge is -2.34. The molecule has 0 aromatic carbocycles. The van der Waals surface area contributed by atoms with E-state index in [1.54, 1.807) is 0 Å². The van der Waals surface area contributed by atoms with Crippen molar-refractivity contribution >= 4 is 5.91 Å². The van der Waals surface area contributed by atoms with Gasteiger partial charge in [0.2, 0.25) is 5.91 Å². The Labute approximate surface area is 117 Å². The maximum Gasteiger partial charge on any atom is 0.222 e. The standard InChI is InChI=1S/C15H29N3O/c1-2-17-8-10-18(11-9-17)15(19)7-6-13-4-3-5-14(16)12-13/h13-14H,2-12,16H2,1H3. The van der Waals surface area contributed by atoms with Gasteiger partial charge in [0, 0.05) is 38.6 Å². The Balaban J connectivity index is 1.67. The number of rotatable bonds is 4. The number of amides is 1. The molecule has 19 heavy (non-hydrogen) atoms. The third-order valence-corrected chi connectivity index (χ3v) is 4.76. The summed E-state index contributed by atoms with van der Waals surface area (Å²) in [5.41, 5.74) is 6.00. The van der Waals surface area contributed by atoms with E-state index in [0.29, 0.717) is 17.9 Å².